The molecule has 1 aromatic heterocycles. The number of carbonyl (C=O) groups is 2. The number of nitrogens with zero attached hydrogens (tertiary/aromatic N) is 3. The molecule has 1 atom stereocenters. The van der Waals surface area contributed by atoms with Crippen molar-refractivity contribution in [1.29, 1.82) is 0 Å². The highest BCUT2D eigenvalue weighted by atomic mass is 16.2. The van der Waals surface area contributed by atoms with Gasteiger partial charge in [-0.15, -0.1) is 0 Å². The van der Waals surface area contributed by atoms with Crippen molar-refractivity contribution >= 4 is 22.7 Å². The predicted octanol–water partition coefficient (Wildman–Crippen LogP) is 3.46. The van der Waals surface area contributed by atoms with Crippen LogP contribution in [-0.2, 0) is 16.1 Å². The van der Waals surface area contributed by atoms with E-state index in [0.29, 0.717) is 22.3 Å². The summed E-state index contributed by atoms with van der Waals surface area (Å²) in [6.45, 7) is 5.02. The maximum atomic E-state index is 13.3. The van der Waals surface area contributed by atoms with Crippen molar-refractivity contribution in [1.82, 2.24) is 19.8 Å². The van der Waals surface area contributed by atoms with Crippen LogP contribution in [0.4, 0.5) is 0 Å². The average molecular weight is 483 g/mol. The first-order valence-corrected chi connectivity index (χ1v) is 12.7. The maximum absolute atomic E-state index is 13.3. The number of fused-ring (bicyclic) bond motifs is 1. The van der Waals surface area contributed by atoms with Gasteiger partial charge in [0.05, 0.1) is 10.9 Å². The Kier molecular flexibility index (Phi) is 6.97. The van der Waals surface area contributed by atoms with E-state index in [1.165, 1.54) is 48.9 Å². The molecule has 2 saturated heterocycles. The molecule has 7 nitrogen and oxygen atoms in total. The quantitative estimate of drug-likeness (QED) is 0.457. The Morgan fingerprint density at radius 2 is 1.64 bits per heavy atom. The van der Waals surface area contributed by atoms with Crippen molar-refractivity contribution < 1.29 is 9.59 Å². The minimum Gasteiger partial charge on any atom is -0.299 e. The molecule has 0 saturated carbocycles. The number of benzene rings is 2. The van der Waals surface area contributed by atoms with Crippen LogP contribution in [0.3, 0.4) is 0 Å². The van der Waals surface area contributed by atoms with Crippen LogP contribution in [0.25, 0.3) is 10.9 Å². The third kappa shape index (κ3) is 5.24. The first-order valence-electron chi connectivity index (χ1n) is 12.7. The van der Waals surface area contributed by atoms with Crippen LogP contribution in [-0.4, -0.2) is 39.4 Å². The highest BCUT2D eigenvalue weighted by molar-refractivity contribution is 5.99. The molecule has 2 aromatic carbocycles. The molecule has 7 heteroatoms. The van der Waals surface area contributed by atoms with Crippen LogP contribution < -0.4 is 10.9 Å². The van der Waals surface area contributed by atoms with Gasteiger partial charge in [0.15, 0.2) is 0 Å². The third-order valence-electron chi connectivity index (χ3n) is 7.01. The van der Waals surface area contributed by atoms with Gasteiger partial charge in [-0.1, -0.05) is 36.8 Å². The van der Waals surface area contributed by atoms with Crippen molar-refractivity contribution in [2.75, 3.05) is 13.1 Å². The first-order chi connectivity index (χ1) is 17.5. The summed E-state index contributed by atoms with van der Waals surface area (Å²) in [7, 11) is 0. The summed E-state index contributed by atoms with van der Waals surface area (Å²) in [6, 6.07) is 13.0. The molecule has 5 rings (SSSR count). The van der Waals surface area contributed by atoms with Gasteiger partial charge in [-0.05, 0) is 75.2 Å². The van der Waals surface area contributed by atoms with Gasteiger partial charge in [0, 0.05) is 24.1 Å². The van der Waals surface area contributed by atoms with Crippen LogP contribution in [0.15, 0.2) is 47.3 Å². The number of likely N-dealkylation sites (tertiary alicyclic amines) is 1. The van der Waals surface area contributed by atoms with E-state index < -0.39 is 11.9 Å². The van der Waals surface area contributed by atoms with E-state index in [9.17, 15) is 14.4 Å². The van der Waals surface area contributed by atoms with Gasteiger partial charge >= 0.3 is 0 Å². The van der Waals surface area contributed by atoms with Gasteiger partial charge in [0.2, 0.25) is 11.8 Å². The molecule has 1 N–H and O–H groups in total. The summed E-state index contributed by atoms with van der Waals surface area (Å²) >= 11 is 0. The molecule has 2 aliphatic heterocycles. The summed E-state index contributed by atoms with van der Waals surface area (Å²) in [4.78, 5) is 44.3. The van der Waals surface area contributed by atoms with Crippen molar-refractivity contribution in [2.24, 2.45) is 0 Å². The molecule has 2 aliphatic rings. The van der Waals surface area contributed by atoms with Crippen molar-refractivity contribution in [2.45, 2.75) is 58.0 Å². The number of nitrogens with one attached hydrogen (secondary N) is 1. The first kappa shape index (κ1) is 24.0. The van der Waals surface area contributed by atoms with Crippen LogP contribution in [0.1, 0.15) is 67.1 Å². The number of imide groups is 1. The van der Waals surface area contributed by atoms with Crippen molar-refractivity contribution in [3.05, 3.63) is 75.3 Å². The second-order valence-electron chi connectivity index (χ2n) is 9.67. The Balaban J connectivity index is 1.37. The van der Waals surface area contributed by atoms with E-state index in [-0.39, 0.29) is 24.3 Å². The minimum absolute atomic E-state index is 0.197. The number of amides is 2. The Bertz CT molecular complexity index is 1420. The number of hydrogen-bond acceptors (Lipinski definition) is 5. The van der Waals surface area contributed by atoms with E-state index in [4.69, 9.17) is 0 Å². The lowest BCUT2D eigenvalue weighted by atomic mass is 10.0. The maximum Gasteiger partial charge on any atom is 0.262 e. The molecule has 2 fully saturated rings. The lowest BCUT2D eigenvalue weighted by Gasteiger charge is -2.24. The zero-order valence-electron chi connectivity index (χ0n) is 20.5. The smallest absolute Gasteiger partial charge is 0.262 e. The summed E-state index contributed by atoms with van der Waals surface area (Å²) in [5, 5.41) is 2.73. The highest BCUT2D eigenvalue weighted by Crippen LogP contribution is 2.20. The highest BCUT2D eigenvalue weighted by Gasteiger charge is 2.30. The molecule has 184 valence electrons. The molecule has 3 heterocycles. The van der Waals surface area contributed by atoms with E-state index in [1.54, 1.807) is 19.1 Å². The summed E-state index contributed by atoms with van der Waals surface area (Å²) in [5.74, 6) is 6.01. The van der Waals surface area contributed by atoms with E-state index >= 15 is 0 Å². The van der Waals surface area contributed by atoms with Gasteiger partial charge in [-0.25, -0.2) is 4.98 Å². The van der Waals surface area contributed by atoms with Crippen LogP contribution in [0.2, 0.25) is 0 Å². The monoisotopic (exact) mass is 482 g/mol. The molecule has 3 aromatic rings. The van der Waals surface area contributed by atoms with Crippen LogP contribution in [0.5, 0.6) is 0 Å². The lowest BCUT2D eigenvalue weighted by Crippen LogP contribution is -2.45. The summed E-state index contributed by atoms with van der Waals surface area (Å²) in [6.07, 6.45) is 5.71. The van der Waals surface area contributed by atoms with Gasteiger partial charge < -0.3 is 0 Å². The Labute approximate surface area is 210 Å². The molecule has 2 amide bonds. The van der Waals surface area contributed by atoms with E-state index in [0.717, 1.165) is 12.1 Å². The molecule has 0 spiro atoms. The number of aryl methyl sites for hydroxylation is 1. The summed E-state index contributed by atoms with van der Waals surface area (Å²) in [5.41, 5.74) is 3.17. The van der Waals surface area contributed by atoms with Gasteiger partial charge in [-0.3, -0.25) is 29.2 Å². The second-order valence-corrected chi connectivity index (χ2v) is 9.67. The zero-order valence-corrected chi connectivity index (χ0v) is 20.5. The zero-order chi connectivity index (χ0) is 25.1. The Morgan fingerprint density at radius 3 is 2.36 bits per heavy atom. The fourth-order valence-corrected chi connectivity index (χ4v) is 5.07. The number of rotatable bonds is 3. The van der Waals surface area contributed by atoms with Gasteiger partial charge in [0.25, 0.3) is 5.56 Å². The van der Waals surface area contributed by atoms with Gasteiger partial charge in [-0.2, -0.15) is 0 Å². The van der Waals surface area contributed by atoms with Crippen molar-refractivity contribution in [3.63, 3.8) is 0 Å². The number of hydrogen-bond donors (Lipinski definition) is 1. The molecule has 0 aliphatic carbocycles. The van der Waals surface area contributed by atoms with Crippen LogP contribution >= 0.6 is 0 Å². The molecular formula is C29H30N4O3. The standard InChI is InChI=1S/C29H30N4O3/c1-20-30-25-13-12-22(18-24(25)29(36)33(20)26-14-15-27(34)31-28(26)35)9-6-21-7-10-23(11-8-21)19-32-16-4-2-3-5-17-32/h7-8,10-13,18,26H,2-5,14-17,19H2,1H3,(H,31,34,35). The largest absolute Gasteiger partial charge is 0.299 e. The molecule has 0 bridgehead atoms. The summed E-state index contributed by atoms with van der Waals surface area (Å²) < 4.78 is 1.39. The van der Waals surface area contributed by atoms with E-state index in [2.05, 4.69) is 39.2 Å². The van der Waals surface area contributed by atoms with Crippen LogP contribution in [0, 0.1) is 18.8 Å². The minimum atomic E-state index is -0.741. The normalized spacial score (nSPS) is 18.9. The Hall–Kier alpha value is -3.76. The molecular weight excluding hydrogens is 452 g/mol. The fourth-order valence-electron chi connectivity index (χ4n) is 5.07. The predicted molar refractivity (Wildman–Crippen MR) is 138 cm³/mol. The topological polar surface area (TPSA) is 84.3 Å². The molecule has 36 heavy (non-hydrogen) atoms. The fraction of sp³-hybridized carbons (Fsp3) is 0.379. The number of aromatic nitrogens is 2. The number of piperidine rings is 1. The molecule has 0 radical (unpaired) electrons. The van der Waals surface area contributed by atoms with Crippen molar-refractivity contribution in [3.8, 4) is 11.8 Å². The van der Waals surface area contributed by atoms with Gasteiger partial charge in [0.1, 0.15) is 11.9 Å². The Morgan fingerprint density at radius 1 is 0.944 bits per heavy atom. The number of carbonyl (C=O) groups excluding carboxylic acids is 2. The SMILES string of the molecule is Cc1nc2ccc(C#Cc3ccc(CN4CCCCCC4)cc3)cc2c(=O)n1C1CCC(=O)NC1=O. The lowest BCUT2D eigenvalue weighted by molar-refractivity contribution is -0.135. The van der Waals surface area contributed by atoms with E-state index in [1.807, 2.05) is 18.2 Å². The second kappa shape index (κ2) is 10.5. The third-order valence-corrected chi connectivity index (χ3v) is 7.01. The molecule has 1 unspecified atom stereocenters. The average Bonchev–Trinajstić information content (AvgIpc) is 3.14.